The number of nitrogens with one attached hydrogen (secondary N) is 1. The number of allylic oxidation sites excluding steroid dienone is 2. The van der Waals surface area contributed by atoms with E-state index in [0.29, 0.717) is 11.8 Å². The van der Waals surface area contributed by atoms with Crippen molar-refractivity contribution in [1.82, 2.24) is 10.3 Å². The standard InChI is InChI=1S/C15H22N2O/c1-12-5-3-4-6-13(12)11-18-15-7-8-17-10-14(15)9-16-2/h3-4,7-8,10,12-13,16H,5-6,9,11H2,1-2H3. The molecule has 1 aromatic heterocycles. The molecule has 1 aromatic rings. The molecular weight excluding hydrogens is 224 g/mol. The molecule has 18 heavy (non-hydrogen) atoms. The predicted octanol–water partition coefficient (Wildman–Crippen LogP) is 2.78. The maximum Gasteiger partial charge on any atom is 0.126 e. The first-order chi connectivity index (χ1) is 8.81. The summed E-state index contributed by atoms with van der Waals surface area (Å²) >= 11 is 0. The van der Waals surface area contributed by atoms with Crippen molar-refractivity contribution in [2.24, 2.45) is 11.8 Å². The lowest BCUT2D eigenvalue weighted by atomic mass is 9.85. The van der Waals surface area contributed by atoms with Crippen LogP contribution in [0.2, 0.25) is 0 Å². The first-order valence-electron chi connectivity index (χ1n) is 6.66. The van der Waals surface area contributed by atoms with Crippen LogP contribution in [-0.4, -0.2) is 18.6 Å². The molecule has 0 spiro atoms. The topological polar surface area (TPSA) is 34.2 Å². The van der Waals surface area contributed by atoms with E-state index in [-0.39, 0.29) is 0 Å². The van der Waals surface area contributed by atoms with Crippen molar-refractivity contribution in [1.29, 1.82) is 0 Å². The predicted molar refractivity (Wildman–Crippen MR) is 73.5 cm³/mol. The van der Waals surface area contributed by atoms with Crippen molar-refractivity contribution in [2.75, 3.05) is 13.7 Å². The van der Waals surface area contributed by atoms with Gasteiger partial charge in [-0.05, 0) is 37.8 Å². The van der Waals surface area contributed by atoms with Gasteiger partial charge in [-0.25, -0.2) is 0 Å². The molecule has 1 N–H and O–H groups in total. The van der Waals surface area contributed by atoms with E-state index in [0.717, 1.165) is 30.9 Å². The fourth-order valence-corrected chi connectivity index (χ4v) is 2.31. The van der Waals surface area contributed by atoms with Crippen LogP contribution < -0.4 is 10.1 Å². The number of aromatic nitrogens is 1. The number of rotatable bonds is 5. The van der Waals surface area contributed by atoms with Gasteiger partial charge in [-0.15, -0.1) is 0 Å². The summed E-state index contributed by atoms with van der Waals surface area (Å²) in [4.78, 5) is 4.14. The lowest BCUT2D eigenvalue weighted by Gasteiger charge is -2.25. The Bertz CT molecular complexity index is 403. The molecule has 0 amide bonds. The highest BCUT2D eigenvalue weighted by Gasteiger charge is 2.19. The fourth-order valence-electron chi connectivity index (χ4n) is 2.31. The van der Waals surface area contributed by atoms with Gasteiger partial charge in [-0.1, -0.05) is 19.1 Å². The Morgan fingerprint density at radius 2 is 2.22 bits per heavy atom. The summed E-state index contributed by atoms with van der Waals surface area (Å²) in [5, 5.41) is 3.14. The zero-order valence-corrected chi connectivity index (χ0v) is 11.2. The first kappa shape index (κ1) is 13.1. The minimum Gasteiger partial charge on any atom is -0.493 e. The van der Waals surface area contributed by atoms with Crippen LogP contribution in [0.3, 0.4) is 0 Å². The van der Waals surface area contributed by atoms with Crippen LogP contribution in [0.15, 0.2) is 30.6 Å². The van der Waals surface area contributed by atoms with Gasteiger partial charge in [0.1, 0.15) is 5.75 Å². The number of hydrogen-bond donors (Lipinski definition) is 1. The molecule has 1 aliphatic carbocycles. The Hall–Kier alpha value is -1.35. The third-order valence-corrected chi connectivity index (χ3v) is 3.60. The van der Waals surface area contributed by atoms with Crippen LogP contribution in [0.1, 0.15) is 25.3 Å². The molecule has 3 nitrogen and oxygen atoms in total. The van der Waals surface area contributed by atoms with E-state index in [1.165, 1.54) is 6.42 Å². The van der Waals surface area contributed by atoms with Gasteiger partial charge in [-0.3, -0.25) is 4.98 Å². The minimum absolute atomic E-state index is 0.630. The minimum atomic E-state index is 0.630. The third-order valence-electron chi connectivity index (χ3n) is 3.60. The normalized spacial score (nSPS) is 23.0. The van der Waals surface area contributed by atoms with E-state index in [9.17, 15) is 0 Å². The average Bonchev–Trinajstić information content (AvgIpc) is 2.40. The number of hydrogen-bond acceptors (Lipinski definition) is 3. The molecule has 0 radical (unpaired) electrons. The van der Waals surface area contributed by atoms with Crippen LogP contribution in [0.25, 0.3) is 0 Å². The van der Waals surface area contributed by atoms with Crippen molar-refractivity contribution >= 4 is 0 Å². The second-order valence-corrected chi connectivity index (χ2v) is 5.00. The molecule has 0 aliphatic heterocycles. The highest BCUT2D eigenvalue weighted by molar-refractivity contribution is 5.29. The molecule has 0 aromatic carbocycles. The van der Waals surface area contributed by atoms with Gasteiger partial charge in [-0.2, -0.15) is 0 Å². The summed E-state index contributed by atoms with van der Waals surface area (Å²) in [6.07, 6.45) is 10.5. The Kier molecular flexibility index (Phi) is 4.76. The molecule has 2 unspecified atom stereocenters. The van der Waals surface area contributed by atoms with E-state index in [1.54, 1.807) is 6.20 Å². The van der Waals surface area contributed by atoms with Gasteiger partial charge in [0.05, 0.1) is 6.61 Å². The molecule has 1 aliphatic rings. The molecule has 98 valence electrons. The molecule has 2 atom stereocenters. The average molecular weight is 246 g/mol. The van der Waals surface area contributed by atoms with Gasteiger partial charge in [0.25, 0.3) is 0 Å². The number of nitrogens with zero attached hydrogens (tertiary/aromatic N) is 1. The van der Waals surface area contributed by atoms with Crippen molar-refractivity contribution < 1.29 is 4.74 Å². The van der Waals surface area contributed by atoms with Crippen molar-refractivity contribution in [3.63, 3.8) is 0 Å². The summed E-state index contributed by atoms with van der Waals surface area (Å²) in [6, 6.07) is 1.95. The number of ether oxygens (including phenoxy) is 1. The third kappa shape index (κ3) is 3.33. The van der Waals surface area contributed by atoms with E-state index in [4.69, 9.17) is 4.74 Å². The smallest absolute Gasteiger partial charge is 0.126 e. The van der Waals surface area contributed by atoms with Crippen LogP contribution in [0.5, 0.6) is 5.75 Å². The van der Waals surface area contributed by atoms with Gasteiger partial charge >= 0.3 is 0 Å². The molecule has 0 fully saturated rings. The molecule has 3 heteroatoms. The van der Waals surface area contributed by atoms with Gasteiger partial charge in [0.15, 0.2) is 0 Å². The number of pyridine rings is 1. The molecule has 1 heterocycles. The summed E-state index contributed by atoms with van der Waals surface area (Å²) in [7, 11) is 1.94. The van der Waals surface area contributed by atoms with Crippen LogP contribution in [-0.2, 0) is 6.54 Å². The zero-order chi connectivity index (χ0) is 12.8. The highest BCUT2D eigenvalue weighted by atomic mass is 16.5. The van der Waals surface area contributed by atoms with Crippen molar-refractivity contribution in [2.45, 2.75) is 26.3 Å². The van der Waals surface area contributed by atoms with E-state index in [2.05, 4.69) is 29.4 Å². The molecule has 2 rings (SSSR count). The monoisotopic (exact) mass is 246 g/mol. The SMILES string of the molecule is CNCc1cnccc1OCC1CC=CCC1C. The zero-order valence-electron chi connectivity index (χ0n) is 11.2. The van der Waals surface area contributed by atoms with Crippen LogP contribution in [0, 0.1) is 11.8 Å². The maximum absolute atomic E-state index is 5.99. The quantitative estimate of drug-likeness (QED) is 0.811. The van der Waals surface area contributed by atoms with Crippen LogP contribution in [0.4, 0.5) is 0 Å². The van der Waals surface area contributed by atoms with Crippen molar-refractivity contribution in [3.05, 3.63) is 36.2 Å². The Morgan fingerprint density at radius 3 is 3.00 bits per heavy atom. The highest BCUT2D eigenvalue weighted by Crippen LogP contribution is 2.26. The molecular formula is C15H22N2O. The Labute approximate surface area is 109 Å². The first-order valence-corrected chi connectivity index (χ1v) is 6.66. The second-order valence-electron chi connectivity index (χ2n) is 5.00. The summed E-state index contributed by atoms with van der Waals surface area (Å²) in [5.41, 5.74) is 1.12. The summed E-state index contributed by atoms with van der Waals surface area (Å²) in [6.45, 7) is 3.90. The lowest BCUT2D eigenvalue weighted by Crippen LogP contribution is -2.21. The molecule has 0 saturated heterocycles. The molecule has 0 saturated carbocycles. The fraction of sp³-hybridized carbons (Fsp3) is 0.533. The second kappa shape index (κ2) is 6.55. The summed E-state index contributed by atoms with van der Waals surface area (Å²) < 4.78 is 5.99. The van der Waals surface area contributed by atoms with E-state index >= 15 is 0 Å². The van der Waals surface area contributed by atoms with E-state index in [1.807, 2.05) is 19.3 Å². The van der Waals surface area contributed by atoms with Gasteiger partial charge < -0.3 is 10.1 Å². The van der Waals surface area contributed by atoms with E-state index < -0.39 is 0 Å². The molecule has 0 bridgehead atoms. The lowest BCUT2D eigenvalue weighted by molar-refractivity contribution is 0.197. The maximum atomic E-state index is 5.99. The Balaban J connectivity index is 1.95. The Morgan fingerprint density at radius 1 is 1.39 bits per heavy atom. The van der Waals surface area contributed by atoms with Gasteiger partial charge in [0.2, 0.25) is 0 Å². The van der Waals surface area contributed by atoms with Crippen molar-refractivity contribution in [3.8, 4) is 5.75 Å². The van der Waals surface area contributed by atoms with Gasteiger partial charge in [0, 0.05) is 24.5 Å². The van der Waals surface area contributed by atoms with Crippen LogP contribution >= 0.6 is 0 Å². The summed E-state index contributed by atoms with van der Waals surface area (Å²) in [5.74, 6) is 2.30. The largest absolute Gasteiger partial charge is 0.493 e.